The Hall–Kier alpha value is -1.73. The van der Waals surface area contributed by atoms with E-state index in [9.17, 15) is 20.0 Å². The predicted molar refractivity (Wildman–Crippen MR) is 76.0 cm³/mol. The minimum atomic E-state index is -1.07. The van der Waals surface area contributed by atoms with Crippen molar-refractivity contribution in [3.63, 3.8) is 0 Å². The van der Waals surface area contributed by atoms with Gasteiger partial charge in [-0.15, -0.1) is 0 Å². The average molecular weight is 276 g/mol. The van der Waals surface area contributed by atoms with Crippen LogP contribution in [-0.2, 0) is 17.8 Å². The van der Waals surface area contributed by atoms with Gasteiger partial charge in [-0.3, -0.25) is 10.1 Å². The van der Waals surface area contributed by atoms with Crippen LogP contribution in [-0.4, -0.2) is 47.1 Å². The summed E-state index contributed by atoms with van der Waals surface area (Å²) in [5, 5.41) is 20.6. The maximum atomic E-state index is 10.8. The lowest BCUT2D eigenvalue weighted by molar-refractivity contribution is -0.491. The van der Waals surface area contributed by atoms with Crippen LogP contribution in [0.25, 0.3) is 0 Å². The molecule has 7 heteroatoms. The minimum Gasteiger partial charge on any atom is -0.385 e. The number of hydrogen-bond acceptors (Lipinski definition) is 5. The maximum Gasteiger partial charge on any atom is 0.281 e. The molecule has 1 aliphatic heterocycles. The molecule has 1 aromatic carbocycles. The van der Waals surface area contributed by atoms with Crippen LogP contribution >= 0.6 is 0 Å². The molecule has 0 amide bonds. The lowest BCUT2D eigenvalue weighted by atomic mass is 9.81. The Morgan fingerprint density at radius 2 is 2.35 bits per heavy atom. The van der Waals surface area contributed by atoms with Crippen molar-refractivity contribution < 1.29 is 14.8 Å². The number of nitro groups is 1. The van der Waals surface area contributed by atoms with E-state index in [1.165, 1.54) is 0 Å². The van der Waals surface area contributed by atoms with Crippen molar-refractivity contribution in [3.8, 4) is 0 Å². The molecule has 0 aliphatic carbocycles. The Kier molecular flexibility index (Phi) is 4.51. The van der Waals surface area contributed by atoms with Gasteiger partial charge in [-0.2, -0.15) is 0 Å². The van der Waals surface area contributed by atoms with E-state index in [1.807, 2.05) is 23.9 Å². The molecular formula is C13H17BN2O4. The van der Waals surface area contributed by atoms with Crippen LogP contribution in [0.1, 0.15) is 16.7 Å². The topological polar surface area (TPSA) is 83.7 Å². The first kappa shape index (κ1) is 14.7. The number of aryl methyl sites for hydroxylation is 1. The largest absolute Gasteiger partial charge is 0.385 e. The predicted octanol–water partition coefficient (Wildman–Crippen LogP) is -0.0990. The Morgan fingerprint density at radius 3 is 3.00 bits per heavy atom. The zero-order chi connectivity index (χ0) is 14.7. The highest BCUT2D eigenvalue weighted by Gasteiger charge is 2.33. The van der Waals surface area contributed by atoms with Gasteiger partial charge < -0.3 is 14.7 Å². The van der Waals surface area contributed by atoms with Gasteiger partial charge in [0.1, 0.15) is 6.10 Å². The van der Waals surface area contributed by atoms with E-state index >= 15 is 0 Å². The lowest BCUT2D eigenvalue weighted by Gasteiger charge is -2.37. The van der Waals surface area contributed by atoms with Gasteiger partial charge >= 0.3 is 0 Å². The van der Waals surface area contributed by atoms with Crippen molar-refractivity contribution in [1.29, 1.82) is 0 Å². The third-order valence-corrected chi connectivity index (χ3v) is 3.72. The summed E-state index contributed by atoms with van der Waals surface area (Å²) >= 11 is 0. The van der Waals surface area contributed by atoms with Gasteiger partial charge in [-0.25, -0.2) is 0 Å². The molecule has 0 bridgehead atoms. The third kappa shape index (κ3) is 3.23. The number of rotatable bonds is 5. The Balaban J connectivity index is 2.24. The van der Waals surface area contributed by atoms with Crippen molar-refractivity contribution in [3.05, 3.63) is 45.0 Å². The van der Waals surface area contributed by atoms with Gasteiger partial charge in [0.15, 0.2) is 0 Å². The normalized spacial score (nSPS) is 20.0. The zero-order valence-corrected chi connectivity index (χ0v) is 11.4. The fourth-order valence-corrected chi connectivity index (χ4v) is 2.74. The molecule has 1 heterocycles. The van der Waals surface area contributed by atoms with E-state index in [0.717, 1.165) is 22.9 Å². The molecule has 2 rings (SSSR count). The first-order chi connectivity index (χ1) is 9.51. The van der Waals surface area contributed by atoms with Crippen LogP contribution in [0.15, 0.2) is 18.2 Å². The van der Waals surface area contributed by atoms with Crippen molar-refractivity contribution >= 4 is 13.6 Å². The summed E-state index contributed by atoms with van der Waals surface area (Å²) in [5.41, 5.74) is 3.35. The van der Waals surface area contributed by atoms with Crippen molar-refractivity contribution in [1.82, 2.24) is 4.81 Å². The second-order valence-corrected chi connectivity index (χ2v) is 5.22. The summed E-state index contributed by atoms with van der Waals surface area (Å²) < 4.78 is 0. The van der Waals surface area contributed by atoms with E-state index in [2.05, 4.69) is 6.07 Å². The molecule has 0 saturated heterocycles. The SMILES string of the molecule is Cc1ccc2c(c1)CN(BC=O)[C@H]([C@H](O)C[N+](=O)[O-])C2. The number of benzene rings is 1. The number of aliphatic hydroxyl groups excluding tert-OH is 1. The number of hydrogen-bond donors (Lipinski definition) is 1. The van der Waals surface area contributed by atoms with Crippen LogP contribution in [0.2, 0.25) is 0 Å². The summed E-state index contributed by atoms with van der Waals surface area (Å²) in [6.45, 7) is 2.04. The standard InChI is InChI=1S/C13H17BN2O4/c1-9-2-3-10-5-12(13(18)7-16(19)20)15(14-8-17)6-11(10)4-9/h2-4,8,12-14,18H,5-7H2,1H3/t12-,13+/m0/s1. The van der Waals surface area contributed by atoms with Crippen LogP contribution in [0.3, 0.4) is 0 Å². The number of aliphatic hydroxyl groups is 1. The van der Waals surface area contributed by atoms with Crippen molar-refractivity contribution in [2.75, 3.05) is 6.54 Å². The van der Waals surface area contributed by atoms with Crippen LogP contribution in [0.4, 0.5) is 0 Å². The molecule has 1 N–H and O–H groups in total. The monoisotopic (exact) mass is 276 g/mol. The molecule has 1 aliphatic rings. The van der Waals surface area contributed by atoms with E-state index < -0.39 is 17.6 Å². The van der Waals surface area contributed by atoms with Crippen LogP contribution in [0.5, 0.6) is 0 Å². The number of fused-ring (bicyclic) bond motifs is 1. The third-order valence-electron chi connectivity index (χ3n) is 3.72. The smallest absolute Gasteiger partial charge is 0.281 e. The Labute approximate surface area is 117 Å². The molecule has 0 spiro atoms. The zero-order valence-electron chi connectivity index (χ0n) is 11.4. The molecule has 0 radical (unpaired) electrons. The quantitative estimate of drug-likeness (QED) is 0.351. The fourth-order valence-electron chi connectivity index (χ4n) is 2.74. The molecule has 0 fully saturated rings. The summed E-state index contributed by atoms with van der Waals surface area (Å²) in [5.74, 6) is 0. The van der Waals surface area contributed by atoms with Gasteiger partial charge in [0.25, 0.3) is 7.41 Å². The Bertz CT molecular complexity index is 523. The first-order valence-corrected chi connectivity index (χ1v) is 6.57. The second kappa shape index (κ2) is 6.15. The van der Waals surface area contributed by atoms with Crippen LogP contribution < -0.4 is 0 Å². The van der Waals surface area contributed by atoms with E-state index in [-0.39, 0.29) is 13.5 Å². The summed E-state index contributed by atoms with van der Waals surface area (Å²) in [7, 11) is 0.173. The summed E-state index contributed by atoms with van der Waals surface area (Å²) in [6.07, 6.45) is 0.227. The molecule has 2 atom stereocenters. The van der Waals surface area contributed by atoms with E-state index in [4.69, 9.17) is 0 Å². The molecule has 106 valence electrons. The molecule has 6 nitrogen and oxygen atoms in total. The Morgan fingerprint density at radius 1 is 1.60 bits per heavy atom. The summed E-state index contributed by atoms with van der Waals surface area (Å²) in [4.78, 5) is 22.6. The minimum absolute atomic E-state index is 0.173. The molecule has 20 heavy (non-hydrogen) atoms. The molecule has 1 aromatic rings. The number of carbonyl (C=O) groups excluding carboxylic acids is 1. The average Bonchev–Trinajstić information content (AvgIpc) is 2.37. The number of carbonyl (C=O) groups is 1. The molecule has 0 aromatic heterocycles. The van der Waals surface area contributed by atoms with Gasteiger partial charge in [0, 0.05) is 17.5 Å². The highest BCUT2D eigenvalue weighted by molar-refractivity contribution is 6.64. The van der Waals surface area contributed by atoms with Gasteiger partial charge in [-0.1, -0.05) is 23.8 Å². The van der Waals surface area contributed by atoms with Gasteiger partial charge in [0.2, 0.25) is 6.54 Å². The second-order valence-electron chi connectivity index (χ2n) is 5.22. The van der Waals surface area contributed by atoms with Gasteiger partial charge in [0.05, 0.1) is 6.19 Å². The van der Waals surface area contributed by atoms with E-state index in [0.29, 0.717) is 13.0 Å². The highest BCUT2D eigenvalue weighted by atomic mass is 16.6. The molecule has 0 unspecified atom stereocenters. The highest BCUT2D eigenvalue weighted by Crippen LogP contribution is 2.25. The maximum absolute atomic E-state index is 10.8. The van der Waals surface area contributed by atoms with Crippen molar-refractivity contribution in [2.24, 2.45) is 0 Å². The molecular weight excluding hydrogens is 259 g/mol. The number of nitrogens with zero attached hydrogens (tertiary/aromatic N) is 2. The molecule has 0 saturated carbocycles. The fraction of sp³-hybridized carbons (Fsp3) is 0.462. The van der Waals surface area contributed by atoms with Crippen molar-refractivity contribution in [2.45, 2.75) is 32.0 Å². The lowest BCUT2D eigenvalue weighted by Crippen LogP contribution is -2.51. The first-order valence-electron chi connectivity index (χ1n) is 6.57. The van der Waals surface area contributed by atoms with Crippen LogP contribution in [0, 0.1) is 17.0 Å². The summed E-state index contributed by atoms with van der Waals surface area (Å²) in [6, 6.07) is 5.66. The van der Waals surface area contributed by atoms with E-state index in [1.54, 1.807) is 0 Å². The van der Waals surface area contributed by atoms with Gasteiger partial charge in [-0.05, 0) is 24.5 Å².